The molecule has 2 aliphatic rings. The second-order valence-electron chi connectivity index (χ2n) is 6.33. The zero-order valence-corrected chi connectivity index (χ0v) is 13.1. The summed E-state index contributed by atoms with van der Waals surface area (Å²) in [6, 6.07) is 0. The molecule has 4 heterocycles. The molecule has 0 aliphatic carbocycles. The molecule has 0 spiro atoms. The molecule has 0 amide bonds. The van der Waals surface area contributed by atoms with Crippen molar-refractivity contribution in [1.82, 2.24) is 14.5 Å². The standard InChI is InChI=1S/C15H19N5O4/c1-7-3-16-8-4-20(13-10(8)12(19-7)17-6-18-13)14-15(2,23)11(22)9(5-21)24-14/h4,6,9,11,14,16,21-23H,1,3,5H2,2H3,(H,17,18,19)/t9-,11-,14-,15?/m1/s1. The number of aromatic nitrogens is 3. The van der Waals surface area contributed by atoms with Gasteiger partial charge >= 0.3 is 0 Å². The number of nitrogens with one attached hydrogen (secondary N) is 2. The van der Waals surface area contributed by atoms with Crippen molar-refractivity contribution < 1.29 is 20.1 Å². The number of aliphatic hydroxyl groups is 3. The molecule has 0 bridgehead atoms. The molecule has 9 heteroatoms. The van der Waals surface area contributed by atoms with Gasteiger partial charge in [-0.2, -0.15) is 0 Å². The van der Waals surface area contributed by atoms with Crippen LogP contribution in [-0.4, -0.2) is 60.8 Å². The number of nitrogens with zero attached hydrogens (tertiary/aromatic N) is 3. The number of aliphatic hydroxyl groups excluding tert-OH is 2. The topological polar surface area (TPSA) is 125 Å². The summed E-state index contributed by atoms with van der Waals surface area (Å²) in [4.78, 5) is 8.55. The third kappa shape index (κ3) is 2.02. The molecule has 128 valence electrons. The van der Waals surface area contributed by atoms with Gasteiger partial charge in [0, 0.05) is 11.9 Å². The minimum atomic E-state index is -1.58. The van der Waals surface area contributed by atoms with E-state index in [9.17, 15) is 15.3 Å². The van der Waals surface area contributed by atoms with Crippen molar-refractivity contribution in [2.45, 2.75) is 31.0 Å². The highest BCUT2D eigenvalue weighted by Crippen LogP contribution is 2.42. The summed E-state index contributed by atoms with van der Waals surface area (Å²) in [6.45, 7) is 5.51. The van der Waals surface area contributed by atoms with Crippen LogP contribution in [0.25, 0.3) is 11.0 Å². The molecular formula is C15H19N5O4. The first-order valence-corrected chi connectivity index (χ1v) is 7.64. The van der Waals surface area contributed by atoms with Gasteiger partial charge in [-0.05, 0) is 6.92 Å². The zero-order valence-electron chi connectivity index (χ0n) is 13.1. The molecule has 24 heavy (non-hydrogen) atoms. The van der Waals surface area contributed by atoms with Crippen LogP contribution in [0, 0.1) is 0 Å². The lowest BCUT2D eigenvalue weighted by atomic mass is 9.96. The van der Waals surface area contributed by atoms with Crippen molar-refractivity contribution in [2.75, 3.05) is 23.8 Å². The summed E-state index contributed by atoms with van der Waals surface area (Å²) in [5.74, 6) is 0.612. The molecule has 2 aliphatic heterocycles. The average molecular weight is 333 g/mol. The van der Waals surface area contributed by atoms with Gasteiger partial charge in [0.1, 0.15) is 35.6 Å². The van der Waals surface area contributed by atoms with E-state index >= 15 is 0 Å². The molecular weight excluding hydrogens is 314 g/mol. The Morgan fingerprint density at radius 3 is 3.00 bits per heavy atom. The summed E-state index contributed by atoms with van der Waals surface area (Å²) in [5.41, 5.74) is 0.509. The Morgan fingerprint density at radius 1 is 1.50 bits per heavy atom. The van der Waals surface area contributed by atoms with Gasteiger partial charge in [-0.25, -0.2) is 9.97 Å². The summed E-state index contributed by atoms with van der Waals surface area (Å²) in [7, 11) is 0. The van der Waals surface area contributed by atoms with Gasteiger partial charge in [0.05, 0.1) is 24.2 Å². The highest BCUT2D eigenvalue weighted by Gasteiger charge is 2.53. The molecule has 4 rings (SSSR count). The molecule has 0 saturated carbocycles. The van der Waals surface area contributed by atoms with Crippen LogP contribution in [-0.2, 0) is 4.74 Å². The number of anilines is 2. The minimum absolute atomic E-state index is 0.389. The fraction of sp³-hybridized carbons (Fsp3) is 0.467. The van der Waals surface area contributed by atoms with Gasteiger partial charge in [-0.15, -0.1) is 0 Å². The lowest BCUT2D eigenvalue weighted by Crippen LogP contribution is -2.44. The first-order valence-electron chi connectivity index (χ1n) is 7.64. The monoisotopic (exact) mass is 333 g/mol. The van der Waals surface area contributed by atoms with Crippen LogP contribution in [0.3, 0.4) is 0 Å². The van der Waals surface area contributed by atoms with Gasteiger partial charge in [0.15, 0.2) is 6.23 Å². The predicted octanol–water partition coefficient (Wildman–Crippen LogP) is -0.216. The van der Waals surface area contributed by atoms with E-state index in [0.29, 0.717) is 18.0 Å². The number of hydrogen-bond acceptors (Lipinski definition) is 8. The van der Waals surface area contributed by atoms with Crippen LogP contribution in [0.4, 0.5) is 11.5 Å². The van der Waals surface area contributed by atoms with Crippen LogP contribution in [0.2, 0.25) is 0 Å². The Hall–Kier alpha value is -2.20. The van der Waals surface area contributed by atoms with Crippen LogP contribution in [0.15, 0.2) is 24.8 Å². The fourth-order valence-corrected chi connectivity index (χ4v) is 3.30. The molecule has 0 radical (unpaired) electrons. The fourth-order valence-electron chi connectivity index (χ4n) is 3.30. The highest BCUT2D eigenvalue weighted by atomic mass is 16.6. The zero-order chi connectivity index (χ0) is 17.1. The number of ether oxygens (including phenoxy) is 1. The molecule has 9 nitrogen and oxygen atoms in total. The van der Waals surface area contributed by atoms with Gasteiger partial charge < -0.3 is 35.3 Å². The smallest absolute Gasteiger partial charge is 0.167 e. The van der Waals surface area contributed by atoms with Crippen molar-refractivity contribution in [3.8, 4) is 0 Å². The van der Waals surface area contributed by atoms with Gasteiger partial charge in [0.2, 0.25) is 0 Å². The Balaban J connectivity index is 1.87. The van der Waals surface area contributed by atoms with Gasteiger partial charge in [-0.1, -0.05) is 6.58 Å². The van der Waals surface area contributed by atoms with Crippen molar-refractivity contribution in [2.24, 2.45) is 0 Å². The van der Waals surface area contributed by atoms with E-state index in [1.54, 1.807) is 10.8 Å². The van der Waals surface area contributed by atoms with Gasteiger partial charge in [0.25, 0.3) is 0 Å². The van der Waals surface area contributed by atoms with Crippen LogP contribution >= 0.6 is 0 Å². The van der Waals surface area contributed by atoms with Crippen molar-refractivity contribution in [3.05, 3.63) is 24.8 Å². The van der Waals surface area contributed by atoms with E-state index in [1.165, 1.54) is 13.3 Å². The van der Waals surface area contributed by atoms with Crippen molar-refractivity contribution >= 4 is 22.5 Å². The van der Waals surface area contributed by atoms with E-state index in [-0.39, 0.29) is 6.61 Å². The molecule has 4 atom stereocenters. The molecule has 2 aromatic rings. The number of hydrogen-bond donors (Lipinski definition) is 5. The van der Waals surface area contributed by atoms with Crippen molar-refractivity contribution in [3.63, 3.8) is 0 Å². The molecule has 1 fully saturated rings. The second-order valence-corrected chi connectivity index (χ2v) is 6.33. The minimum Gasteiger partial charge on any atom is -0.394 e. The Morgan fingerprint density at radius 2 is 2.29 bits per heavy atom. The third-order valence-electron chi connectivity index (χ3n) is 4.58. The maximum Gasteiger partial charge on any atom is 0.167 e. The van der Waals surface area contributed by atoms with Crippen molar-refractivity contribution in [1.29, 1.82) is 0 Å². The maximum atomic E-state index is 10.7. The lowest BCUT2D eigenvalue weighted by molar-refractivity contribution is -0.0947. The van der Waals surface area contributed by atoms with E-state index in [0.717, 1.165) is 16.8 Å². The average Bonchev–Trinajstić information content (AvgIpc) is 2.95. The normalized spacial score (nSPS) is 32.5. The molecule has 5 N–H and O–H groups in total. The number of rotatable bonds is 2. The van der Waals surface area contributed by atoms with Crippen LogP contribution in [0.1, 0.15) is 13.2 Å². The molecule has 2 aromatic heterocycles. The molecule has 0 aromatic carbocycles. The van der Waals surface area contributed by atoms with E-state index in [1.807, 2.05) is 0 Å². The lowest BCUT2D eigenvalue weighted by Gasteiger charge is -2.27. The molecule has 1 saturated heterocycles. The third-order valence-corrected chi connectivity index (χ3v) is 4.58. The Labute approximate surface area is 137 Å². The Kier molecular flexibility index (Phi) is 3.29. The SMILES string of the molecule is C=C1CNc2cn([C@@H]3O[C@H](CO)[C@@H](O)C3(C)O)c3ncnc(c23)N1. The first-order chi connectivity index (χ1) is 11.4. The molecule has 1 unspecified atom stereocenters. The van der Waals surface area contributed by atoms with Crippen LogP contribution < -0.4 is 10.6 Å². The predicted molar refractivity (Wildman–Crippen MR) is 86.4 cm³/mol. The highest BCUT2D eigenvalue weighted by molar-refractivity contribution is 6.00. The summed E-state index contributed by atoms with van der Waals surface area (Å²) in [6.07, 6.45) is 0.189. The first kappa shape index (κ1) is 15.3. The largest absolute Gasteiger partial charge is 0.394 e. The van der Waals surface area contributed by atoms with E-state index < -0.39 is 24.0 Å². The Bertz CT molecular complexity index is 818. The maximum absolute atomic E-state index is 10.7. The second kappa shape index (κ2) is 5.15. The van der Waals surface area contributed by atoms with Gasteiger partial charge in [-0.3, -0.25) is 0 Å². The van der Waals surface area contributed by atoms with E-state index in [2.05, 4.69) is 27.2 Å². The van der Waals surface area contributed by atoms with E-state index in [4.69, 9.17) is 4.74 Å². The summed E-state index contributed by atoms with van der Waals surface area (Å²) >= 11 is 0. The quantitative estimate of drug-likeness (QED) is 0.511. The van der Waals surface area contributed by atoms with Crippen LogP contribution in [0.5, 0.6) is 0 Å². The summed E-state index contributed by atoms with van der Waals surface area (Å²) < 4.78 is 7.34. The summed E-state index contributed by atoms with van der Waals surface area (Å²) in [5, 5.41) is 37.4.